The van der Waals surface area contributed by atoms with Crippen molar-refractivity contribution < 1.29 is 14.4 Å². The molecule has 158 valence electrons. The Bertz CT molecular complexity index is 693. The van der Waals surface area contributed by atoms with Crippen molar-refractivity contribution >= 4 is 17.7 Å². The van der Waals surface area contributed by atoms with Crippen LogP contribution in [0.25, 0.3) is 0 Å². The van der Waals surface area contributed by atoms with Gasteiger partial charge in [0, 0.05) is 38.4 Å². The number of hydrogen-bond acceptors (Lipinski definition) is 3. The van der Waals surface area contributed by atoms with Crippen LogP contribution in [0.3, 0.4) is 0 Å². The van der Waals surface area contributed by atoms with E-state index in [-0.39, 0.29) is 23.8 Å². The molecule has 1 atom stereocenters. The first-order valence-electron chi connectivity index (χ1n) is 10.9. The van der Waals surface area contributed by atoms with E-state index >= 15 is 0 Å². The van der Waals surface area contributed by atoms with Gasteiger partial charge in [-0.3, -0.25) is 14.4 Å². The van der Waals surface area contributed by atoms with E-state index in [2.05, 4.69) is 10.6 Å². The highest BCUT2D eigenvalue weighted by Gasteiger charge is 2.30. The zero-order valence-corrected chi connectivity index (χ0v) is 17.4. The van der Waals surface area contributed by atoms with E-state index in [0.717, 1.165) is 44.1 Å². The Kier molecular flexibility index (Phi) is 7.67. The number of nitrogens with one attached hydrogen (secondary N) is 2. The summed E-state index contributed by atoms with van der Waals surface area (Å²) in [6, 6.07) is 9.16. The Morgan fingerprint density at radius 3 is 2.28 bits per heavy atom. The number of amides is 3. The second-order valence-corrected chi connectivity index (χ2v) is 8.39. The van der Waals surface area contributed by atoms with Crippen LogP contribution < -0.4 is 10.6 Å². The molecule has 2 N–H and O–H groups in total. The number of benzene rings is 1. The fourth-order valence-corrected chi connectivity index (χ4v) is 4.46. The molecule has 6 heteroatoms. The Labute approximate surface area is 173 Å². The van der Waals surface area contributed by atoms with Crippen molar-refractivity contribution in [2.45, 2.75) is 70.4 Å². The number of nitrogens with zero attached hydrogens (tertiary/aromatic N) is 1. The van der Waals surface area contributed by atoms with Gasteiger partial charge in [0.15, 0.2) is 0 Å². The summed E-state index contributed by atoms with van der Waals surface area (Å²) in [5.74, 6) is 0.134. The lowest BCUT2D eigenvalue weighted by atomic mass is 9.87. The Morgan fingerprint density at radius 1 is 1.00 bits per heavy atom. The number of likely N-dealkylation sites (tertiary alicyclic amines) is 1. The van der Waals surface area contributed by atoms with Gasteiger partial charge in [0.05, 0.1) is 0 Å². The Balaban J connectivity index is 1.50. The zero-order valence-electron chi connectivity index (χ0n) is 17.4. The third-order valence-electron chi connectivity index (χ3n) is 6.08. The van der Waals surface area contributed by atoms with Crippen LogP contribution in [0.2, 0.25) is 0 Å². The maximum Gasteiger partial charge on any atom is 0.243 e. The molecule has 3 amide bonds. The van der Waals surface area contributed by atoms with Crippen LogP contribution in [0.4, 0.5) is 0 Å². The summed E-state index contributed by atoms with van der Waals surface area (Å²) in [5.41, 5.74) is 1.01. The van der Waals surface area contributed by atoms with E-state index in [0.29, 0.717) is 25.4 Å². The third-order valence-corrected chi connectivity index (χ3v) is 6.08. The summed E-state index contributed by atoms with van der Waals surface area (Å²) in [7, 11) is 0. The van der Waals surface area contributed by atoms with Crippen LogP contribution in [0.5, 0.6) is 0 Å². The van der Waals surface area contributed by atoms with Gasteiger partial charge in [0.2, 0.25) is 17.7 Å². The van der Waals surface area contributed by atoms with Crippen LogP contribution in [0.15, 0.2) is 30.3 Å². The number of piperidine rings is 1. The van der Waals surface area contributed by atoms with Gasteiger partial charge in [0.1, 0.15) is 6.04 Å². The topological polar surface area (TPSA) is 78.5 Å². The summed E-state index contributed by atoms with van der Waals surface area (Å²) in [5, 5.41) is 5.86. The maximum atomic E-state index is 12.8. The van der Waals surface area contributed by atoms with Gasteiger partial charge in [-0.2, -0.15) is 0 Å². The highest BCUT2D eigenvalue weighted by Crippen LogP contribution is 2.26. The van der Waals surface area contributed by atoms with Crippen LogP contribution in [-0.4, -0.2) is 47.8 Å². The Morgan fingerprint density at radius 2 is 1.66 bits per heavy atom. The molecule has 1 aromatic carbocycles. The second-order valence-electron chi connectivity index (χ2n) is 8.39. The SMILES string of the molecule is CC(=O)NC(Cc1ccccc1)C(=O)NC1CCN(C(=O)C2CCCCC2)CC1. The summed E-state index contributed by atoms with van der Waals surface area (Å²) in [6.07, 6.45) is 7.61. The van der Waals surface area contributed by atoms with Crippen LogP contribution >= 0.6 is 0 Å². The van der Waals surface area contributed by atoms with E-state index in [1.807, 2.05) is 35.2 Å². The third kappa shape index (κ3) is 6.31. The molecule has 1 heterocycles. The smallest absolute Gasteiger partial charge is 0.243 e. The Hall–Kier alpha value is -2.37. The van der Waals surface area contributed by atoms with Crippen molar-refractivity contribution in [2.24, 2.45) is 5.92 Å². The molecule has 3 rings (SSSR count). The molecule has 1 saturated heterocycles. The van der Waals surface area contributed by atoms with Crippen molar-refractivity contribution in [3.05, 3.63) is 35.9 Å². The van der Waals surface area contributed by atoms with Gasteiger partial charge in [-0.25, -0.2) is 0 Å². The first-order valence-corrected chi connectivity index (χ1v) is 10.9. The second kappa shape index (κ2) is 10.4. The van der Waals surface area contributed by atoms with E-state index in [9.17, 15) is 14.4 Å². The lowest BCUT2D eigenvalue weighted by Crippen LogP contribution is -2.53. The summed E-state index contributed by atoms with van der Waals surface area (Å²) < 4.78 is 0. The summed E-state index contributed by atoms with van der Waals surface area (Å²) in [4.78, 5) is 39.1. The highest BCUT2D eigenvalue weighted by atomic mass is 16.2. The molecule has 29 heavy (non-hydrogen) atoms. The fraction of sp³-hybridized carbons (Fsp3) is 0.609. The quantitative estimate of drug-likeness (QED) is 0.771. The van der Waals surface area contributed by atoms with E-state index in [1.54, 1.807) is 0 Å². The minimum absolute atomic E-state index is 0.0462. The molecule has 2 aliphatic rings. The first kappa shape index (κ1) is 21.3. The minimum atomic E-state index is -0.586. The molecule has 1 aliphatic heterocycles. The minimum Gasteiger partial charge on any atom is -0.351 e. The molecular weight excluding hydrogens is 366 g/mol. The molecule has 0 bridgehead atoms. The molecule has 1 aromatic rings. The molecule has 0 radical (unpaired) electrons. The molecular formula is C23H33N3O3. The summed E-state index contributed by atoms with van der Waals surface area (Å²) in [6.45, 7) is 2.83. The van der Waals surface area contributed by atoms with Gasteiger partial charge in [-0.05, 0) is 31.2 Å². The van der Waals surface area contributed by atoms with E-state index in [1.165, 1.54) is 13.3 Å². The first-order chi connectivity index (χ1) is 14.0. The van der Waals surface area contributed by atoms with Crippen LogP contribution in [-0.2, 0) is 20.8 Å². The number of carbonyl (C=O) groups is 3. The summed E-state index contributed by atoms with van der Waals surface area (Å²) >= 11 is 0. The molecule has 0 aromatic heterocycles. The lowest BCUT2D eigenvalue weighted by molar-refractivity contribution is -0.138. The van der Waals surface area contributed by atoms with Gasteiger partial charge in [-0.15, -0.1) is 0 Å². The van der Waals surface area contributed by atoms with Crippen molar-refractivity contribution in [3.63, 3.8) is 0 Å². The van der Waals surface area contributed by atoms with Crippen molar-refractivity contribution in [3.8, 4) is 0 Å². The molecule has 2 fully saturated rings. The highest BCUT2D eigenvalue weighted by molar-refractivity contribution is 5.87. The monoisotopic (exact) mass is 399 g/mol. The number of carbonyl (C=O) groups excluding carboxylic acids is 3. The van der Waals surface area contributed by atoms with E-state index in [4.69, 9.17) is 0 Å². The van der Waals surface area contributed by atoms with Crippen molar-refractivity contribution in [1.29, 1.82) is 0 Å². The molecule has 0 spiro atoms. The molecule has 1 unspecified atom stereocenters. The predicted octanol–water partition coefficient (Wildman–Crippen LogP) is 2.42. The molecule has 1 saturated carbocycles. The van der Waals surface area contributed by atoms with E-state index < -0.39 is 6.04 Å². The fourth-order valence-electron chi connectivity index (χ4n) is 4.46. The van der Waals surface area contributed by atoms with Gasteiger partial charge in [-0.1, -0.05) is 49.6 Å². The largest absolute Gasteiger partial charge is 0.351 e. The van der Waals surface area contributed by atoms with Crippen LogP contribution in [0.1, 0.15) is 57.4 Å². The zero-order chi connectivity index (χ0) is 20.6. The predicted molar refractivity (Wildman–Crippen MR) is 112 cm³/mol. The number of hydrogen-bond donors (Lipinski definition) is 2. The average Bonchev–Trinajstić information content (AvgIpc) is 2.74. The number of rotatable bonds is 6. The van der Waals surface area contributed by atoms with Crippen molar-refractivity contribution in [2.75, 3.05) is 13.1 Å². The molecule has 1 aliphatic carbocycles. The van der Waals surface area contributed by atoms with Crippen LogP contribution in [0, 0.1) is 5.92 Å². The van der Waals surface area contributed by atoms with Crippen molar-refractivity contribution in [1.82, 2.24) is 15.5 Å². The normalized spacial score (nSPS) is 19.4. The molecule has 6 nitrogen and oxygen atoms in total. The van der Waals surface area contributed by atoms with Gasteiger partial charge in [0.25, 0.3) is 0 Å². The average molecular weight is 400 g/mol. The standard InChI is InChI=1S/C23H33N3O3/c1-17(27)24-21(16-18-8-4-2-5-9-18)22(28)25-20-12-14-26(15-13-20)23(29)19-10-6-3-7-11-19/h2,4-5,8-9,19-21H,3,6-7,10-16H2,1H3,(H,24,27)(H,25,28). The van der Waals surface area contributed by atoms with Gasteiger partial charge < -0.3 is 15.5 Å². The maximum absolute atomic E-state index is 12.8. The lowest BCUT2D eigenvalue weighted by Gasteiger charge is -2.36. The van der Waals surface area contributed by atoms with Gasteiger partial charge >= 0.3 is 0 Å².